The zero-order valence-electron chi connectivity index (χ0n) is 34.3. The number of carbonyl (C=O) groups excluding carboxylic acids is 3. The molecule has 19 nitrogen and oxygen atoms in total. The van der Waals surface area contributed by atoms with E-state index in [9.17, 15) is 55.5 Å². The molecule has 11 N–H and O–H groups in total. The monoisotopic (exact) mass is 883 g/mol. The molecule has 0 unspecified atom stereocenters. The lowest BCUT2D eigenvalue weighted by molar-refractivity contribution is -0.274. The van der Waals surface area contributed by atoms with Gasteiger partial charge in [-0.25, -0.2) is 0 Å². The number of ether oxygens (including phenoxy) is 4. The number of hydrogen-bond acceptors (Lipinski definition) is 16. The van der Waals surface area contributed by atoms with Gasteiger partial charge < -0.3 is 80.4 Å². The number of hydrogen-bond donors (Lipinski definition) is 11. The lowest BCUT2D eigenvalue weighted by Crippen LogP contribution is -2.60. The van der Waals surface area contributed by atoms with Crippen molar-refractivity contribution in [3.63, 3.8) is 0 Å². The largest absolute Gasteiger partial charge is 0.497 e. The van der Waals surface area contributed by atoms with Crippen molar-refractivity contribution in [1.29, 1.82) is 0 Å². The third-order valence-corrected chi connectivity index (χ3v) is 17.1. The minimum Gasteiger partial charge on any atom is -0.497 e. The number of rotatable bonds is 11. The molecule has 1 spiro atoms. The third-order valence-electron chi connectivity index (χ3n) is 12.7. The predicted octanol–water partition coefficient (Wildman–Crippen LogP) is -1.68. The molecule has 3 aromatic rings. The van der Waals surface area contributed by atoms with Gasteiger partial charge in [0.2, 0.25) is 0 Å². The van der Waals surface area contributed by atoms with Crippen LogP contribution in [0.15, 0.2) is 66.7 Å². The molecule has 7 rings (SSSR count). The Bertz CT molecular complexity index is 2150. The number of aliphatic hydroxyl groups is 9. The molecule has 0 aliphatic carbocycles. The number of fused-ring (bicyclic) bond motifs is 2. The van der Waals surface area contributed by atoms with E-state index in [-0.39, 0.29) is 36.5 Å². The Labute approximate surface area is 357 Å². The maximum Gasteiger partial charge on any atom is 0.264 e. The van der Waals surface area contributed by atoms with Crippen molar-refractivity contribution < 1.29 is 79.3 Å². The molecular weight excluding hydrogens is 831 g/mol. The molecule has 3 amide bonds. The van der Waals surface area contributed by atoms with Gasteiger partial charge >= 0.3 is 0 Å². The van der Waals surface area contributed by atoms with Gasteiger partial charge in [-0.2, -0.15) is 0 Å². The summed E-state index contributed by atoms with van der Waals surface area (Å²) in [6, 6.07) is 18.9. The molecule has 0 saturated carbocycles. The summed E-state index contributed by atoms with van der Waals surface area (Å²) in [5.74, 6) is -2.14. The van der Waals surface area contributed by atoms with Gasteiger partial charge in [0.25, 0.3) is 17.7 Å². The minimum absolute atomic E-state index is 0.0555. The Morgan fingerprint density at radius 3 is 1.89 bits per heavy atom. The Morgan fingerprint density at radius 2 is 1.34 bits per heavy atom. The molecule has 3 fully saturated rings. The Morgan fingerprint density at radius 1 is 0.774 bits per heavy atom. The van der Waals surface area contributed by atoms with Crippen LogP contribution in [-0.4, -0.2) is 153 Å². The lowest BCUT2D eigenvalue weighted by atomic mass is 9.82. The van der Waals surface area contributed by atoms with Gasteiger partial charge in [0.15, 0.2) is 30.4 Å². The summed E-state index contributed by atoms with van der Waals surface area (Å²) in [6.07, 6.45) is -18.9. The summed E-state index contributed by atoms with van der Waals surface area (Å²) < 4.78 is 22.6. The van der Waals surface area contributed by atoms with Gasteiger partial charge in [0.05, 0.1) is 33.5 Å². The maximum absolute atomic E-state index is 15.3. The van der Waals surface area contributed by atoms with Crippen LogP contribution in [0.2, 0.25) is 18.6 Å². The van der Waals surface area contributed by atoms with Crippen LogP contribution < -0.4 is 25.5 Å². The van der Waals surface area contributed by atoms with Crippen molar-refractivity contribution >= 4 is 48.0 Å². The van der Waals surface area contributed by atoms with Crippen LogP contribution in [0, 0.1) is 5.92 Å². The van der Waals surface area contributed by atoms with Crippen LogP contribution in [0.1, 0.15) is 24.5 Å². The van der Waals surface area contributed by atoms with Crippen LogP contribution in [-0.2, 0) is 40.7 Å². The van der Waals surface area contributed by atoms with E-state index in [0.29, 0.717) is 22.6 Å². The van der Waals surface area contributed by atoms with E-state index in [1.165, 1.54) is 17.0 Å². The van der Waals surface area contributed by atoms with E-state index in [1.54, 1.807) is 37.4 Å². The lowest BCUT2D eigenvalue weighted by Gasteiger charge is -2.37. The first-order chi connectivity index (χ1) is 29.3. The molecule has 4 heterocycles. The molecule has 3 saturated heterocycles. The fourth-order valence-electron chi connectivity index (χ4n) is 9.46. The van der Waals surface area contributed by atoms with Crippen molar-refractivity contribution in [3.05, 3.63) is 77.9 Å². The smallest absolute Gasteiger partial charge is 0.264 e. The molecule has 4 aliphatic heterocycles. The average Bonchev–Trinajstić information content (AvgIpc) is 3.67. The van der Waals surface area contributed by atoms with Crippen molar-refractivity contribution in [1.82, 2.24) is 0 Å². The van der Waals surface area contributed by atoms with E-state index < -0.39 is 105 Å². The zero-order valence-corrected chi connectivity index (χ0v) is 35.3. The van der Waals surface area contributed by atoms with E-state index in [2.05, 4.69) is 23.7 Å². The van der Waals surface area contributed by atoms with Gasteiger partial charge in [-0.1, -0.05) is 49.5 Å². The second-order valence-corrected chi connectivity index (χ2v) is 21.5. The predicted molar refractivity (Wildman–Crippen MR) is 220 cm³/mol. The number of methoxy groups -OCH3 is 1. The van der Waals surface area contributed by atoms with Gasteiger partial charge in [0.1, 0.15) is 42.4 Å². The second-order valence-electron chi connectivity index (χ2n) is 16.8. The molecule has 62 heavy (non-hydrogen) atoms. The minimum atomic E-state index is -2.59. The van der Waals surface area contributed by atoms with Gasteiger partial charge in [-0.05, 0) is 60.0 Å². The highest BCUT2D eigenvalue weighted by Gasteiger charge is 2.66. The summed E-state index contributed by atoms with van der Waals surface area (Å²) in [7, 11) is -1.01. The Balaban J connectivity index is 1.24. The molecule has 20 heteroatoms. The quantitative estimate of drug-likeness (QED) is 0.0959. The van der Waals surface area contributed by atoms with Crippen LogP contribution >= 0.6 is 0 Å². The summed E-state index contributed by atoms with van der Waals surface area (Å²) in [5, 5.41) is 97.8. The van der Waals surface area contributed by atoms with Crippen molar-refractivity contribution in [2.45, 2.75) is 112 Å². The first-order valence-electron chi connectivity index (χ1n) is 20.2. The Hall–Kier alpha value is -4.39. The third kappa shape index (κ3) is 7.93. The molecule has 0 radical (unpaired) electrons. The summed E-state index contributed by atoms with van der Waals surface area (Å²) >= 11 is 0. The Kier molecular flexibility index (Phi) is 13.0. The molecule has 14 atom stereocenters. The molecule has 0 bridgehead atoms. The highest BCUT2D eigenvalue weighted by Crippen LogP contribution is 2.60. The van der Waals surface area contributed by atoms with Crippen molar-refractivity contribution in [2.75, 3.05) is 29.3 Å². The topological polar surface area (TPSA) is 298 Å². The number of benzene rings is 3. The standard InChI is InChI=1S/C42H53N3O16Si/c1-19-36(62(3,4)24-11-9-23(58-2)10-12-24)27(14-15-46)61-42(19)25-17-22(44-38(54)35-31(50)29(48)33(52)40(56)60-35)8-13-26(25)45(41(42)57)18-20-6-5-7-21(16-20)43-37(53)34-30(49)28(47)32(51)39(55)59-34/h5-13,16-17,19,27-36,39-40,46-52,55-56H,14-15,18H2,1-4H3,(H,43,53)(H,44,54)/t19-,27+,28+,29+,30+,31+,32-,33-,34+,35+,36-,39-,40-,42+/m1/s1. The summed E-state index contributed by atoms with van der Waals surface area (Å²) in [5.41, 5.74) is -0.183. The number of nitrogens with one attached hydrogen (secondary N) is 2. The second kappa shape index (κ2) is 17.6. The molecular formula is C42H53N3O16Si. The van der Waals surface area contributed by atoms with Gasteiger partial charge in [0, 0.05) is 29.5 Å². The van der Waals surface area contributed by atoms with Crippen molar-refractivity contribution in [2.24, 2.45) is 5.92 Å². The van der Waals surface area contributed by atoms with E-state index >= 15 is 4.79 Å². The SMILES string of the molecule is COc1ccc([Si](C)(C)[C@H]2[C@H](CCO)O[C@@]3(C(=O)N(Cc4cccc(NC(=O)[C@H]5O[C@@H](O)[C@H](O)[C@@H](O)[C@@H]5O)c4)c4ccc(NC(=O)[C@H]5O[C@@H](O)[C@H](O)[C@@H](O)[C@@H]5O)cc43)[C@@H]2C)cc1. The van der Waals surface area contributed by atoms with E-state index in [4.69, 9.17) is 18.9 Å². The first kappa shape index (κ1) is 45.6. The molecule has 0 aromatic heterocycles. The number of anilines is 3. The number of aliphatic hydroxyl groups excluding tert-OH is 9. The van der Waals surface area contributed by atoms with Gasteiger partial charge in [-0.15, -0.1) is 0 Å². The van der Waals surface area contributed by atoms with E-state index in [0.717, 1.165) is 5.19 Å². The highest BCUT2D eigenvalue weighted by molar-refractivity contribution is 6.91. The van der Waals surface area contributed by atoms with E-state index in [1.807, 2.05) is 31.2 Å². The number of nitrogens with zero attached hydrogens (tertiary/aromatic N) is 1. The normalized spacial score (nSPS) is 34.6. The summed E-state index contributed by atoms with van der Waals surface area (Å²) in [6.45, 7) is 6.00. The van der Waals surface area contributed by atoms with Crippen LogP contribution in [0.5, 0.6) is 5.75 Å². The fourth-order valence-corrected chi connectivity index (χ4v) is 13.5. The first-order valence-corrected chi connectivity index (χ1v) is 23.3. The van der Waals surface area contributed by atoms with Crippen molar-refractivity contribution in [3.8, 4) is 5.75 Å². The fraction of sp³-hybridized carbons (Fsp3) is 0.500. The van der Waals surface area contributed by atoms with Crippen LogP contribution in [0.4, 0.5) is 17.1 Å². The van der Waals surface area contributed by atoms with Crippen LogP contribution in [0.25, 0.3) is 0 Å². The van der Waals surface area contributed by atoms with Gasteiger partial charge in [-0.3, -0.25) is 14.4 Å². The zero-order chi connectivity index (χ0) is 45.0. The molecule has 3 aromatic carbocycles. The average molecular weight is 884 g/mol. The molecule has 4 aliphatic rings. The highest BCUT2D eigenvalue weighted by atomic mass is 28.3. The van der Waals surface area contributed by atoms with Crippen LogP contribution in [0.3, 0.4) is 0 Å². The molecule has 336 valence electrons. The summed E-state index contributed by atoms with van der Waals surface area (Å²) in [4.78, 5) is 43.5. The maximum atomic E-state index is 15.3. The number of carbonyl (C=O) groups is 3. The number of amides is 3.